The number of hydrogen-bond donors (Lipinski definition) is 1. The zero-order chi connectivity index (χ0) is 13.1. The van der Waals surface area contributed by atoms with E-state index >= 15 is 0 Å². The Balaban J connectivity index is 2.00. The number of rotatable bonds is 3. The van der Waals surface area contributed by atoms with E-state index in [1.807, 2.05) is 19.1 Å². The lowest BCUT2D eigenvalue weighted by atomic mass is 10.1. The van der Waals surface area contributed by atoms with Gasteiger partial charge in [-0.1, -0.05) is 33.6 Å². The summed E-state index contributed by atoms with van der Waals surface area (Å²) in [4.78, 5) is 2.34. The highest BCUT2D eigenvalue weighted by Gasteiger charge is 2.23. The maximum atomic E-state index is 6.24. The van der Waals surface area contributed by atoms with Gasteiger partial charge in [0.1, 0.15) is 0 Å². The van der Waals surface area contributed by atoms with Gasteiger partial charge in [-0.25, -0.2) is 0 Å². The Labute approximate surface area is 121 Å². The molecule has 1 aliphatic rings. The number of nitrogens with zero attached hydrogens (tertiary/aromatic N) is 1. The van der Waals surface area contributed by atoms with Gasteiger partial charge in [0.2, 0.25) is 0 Å². The summed E-state index contributed by atoms with van der Waals surface area (Å²) in [7, 11) is 0. The highest BCUT2D eigenvalue weighted by molar-refractivity contribution is 9.10. The summed E-state index contributed by atoms with van der Waals surface area (Å²) in [5.74, 6) is 0. The van der Waals surface area contributed by atoms with Crippen molar-refractivity contribution in [2.75, 3.05) is 19.7 Å². The van der Waals surface area contributed by atoms with Crippen LogP contribution in [-0.4, -0.2) is 36.7 Å². The van der Waals surface area contributed by atoms with Gasteiger partial charge in [-0.2, -0.15) is 0 Å². The summed E-state index contributed by atoms with van der Waals surface area (Å²) in [5, 5.41) is 0.799. The van der Waals surface area contributed by atoms with Crippen molar-refractivity contribution in [1.82, 2.24) is 4.90 Å². The molecule has 5 heteroatoms. The summed E-state index contributed by atoms with van der Waals surface area (Å²) < 4.78 is 6.66. The summed E-state index contributed by atoms with van der Waals surface area (Å²) >= 11 is 9.65. The van der Waals surface area contributed by atoms with Crippen molar-refractivity contribution in [2.45, 2.75) is 25.6 Å². The predicted molar refractivity (Wildman–Crippen MR) is 77.8 cm³/mol. The Kier molecular flexibility index (Phi) is 5.04. The van der Waals surface area contributed by atoms with E-state index in [-0.39, 0.29) is 12.1 Å². The van der Waals surface area contributed by atoms with Gasteiger partial charge in [-0.05, 0) is 24.6 Å². The Morgan fingerprint density at radius 3 is 3.06 bits per heavy atom. The molecule has 1 aromatic rings. The van der Waals surface area contributed by atoms with Crippen LogP contribution in [0.5, 0.6) is 0 Å². The van der Waals surface area contributed by atoms with Crippen molar-refractivity contribution < 1.29 is 4.74 Å². The van der Waals surface area contributed by atoms with Crippen molar-refractivity contribution in [3.63, 3.8) is 0 Å². The molecule has 2 N–H and O–H groups in total. The maximum Gasteiger partial charge on any atom is 0.0850 e. The second kappa shape index (κ2) is 6.35. The molecule has 0 radical (unpaired) electrons. The minimum atomic E-state index is 0.0631. The molecular weight excluding hydrogens is 316 g/mol. The van der Waals surface area contributed by atoms with Gasteiger partial charge in [0.25, 0.3) is 0 Å². The summed E-state index contributed by atoms with van der Waals surface area (Å²) in [6.07, 6.45) is 0.118. The zero-order valence-corrected chi connectivity index (χ0v) is 12.7. The Bertz CT molecular complexity index is 414. The second-order valence-corrected chi connectivity index (χ2v) is 6.06. The molecule has 1 aliphatic heterocycles. The van der Waals surface area contributed by atoms with Gasteiger partial charge in [0, 0.05) is 35.2 Å². The first-order chi connectivity index (χ1) is 8.56. The average molecular weight is 334 g/mol. The molecular formula is C13H18BrClN2O. The van der Waals surface area contributed by atoms with Gasteiger partial charge in [0.05, 0.1) is 12.7 Å². The van der Waals surface area contributed by atoms with Crippen LogP contribution in [0.3, 0.4) is 0 Å². The van der Waals surface area contributed by atoms with Gasteiger partial charge in [-0.15, -0.1) is 0 Å². The van der Waals surface area contributed by atoms with E-state index in [0.29, 0.717) is 0 Å². The minimum absolute atomic E-state index is 0.0631. The van der Waals surface area contributed by atoms with E-state index in [1.54, 1.807) is 0 Å². The van der Waals surface area contributed by atoms with Crippen molar-refractivity contribution in [1.29, 1.82) is 0 Å². The number of halogens is 2. The predicted octanol–water partition coefficient (Wildman–Crippen LogP) is 2.65. The number of morpholine rings is 1. The minimum Gasteiger partial charge on any atom is -0.374 e. The third-order valence-corrected chi connectivity index (χ3v) is 4.02. The summed E-state index contributed by atoms with van der Waals surface area (Å²) in [6, 6.07) is 6.07. The van der Waals surface area contributed by atoms with E-state index in [0.717, 1.165) is 41.3 Å². The summed E-state index contributed by atoms with van der Waals surface area (Å²) in [5.41, 5.74) is 7.03. The molecule has 0 spiro atoms. The van der Waals surface area contributed by atoms with Gasteiger partial charge >= 0.3 is 0 Å². The molecule has 2 unspecified atom stereocenters. The lowest BCUT2D eigenvalue weighted by molar-refractivity contribution is -0.0403. The molecule has 0 aliphatic carbocycles. The molecule has 2 rings (SSSR count). The number of benzene rings is 1. The van der Waals surface area contributed by atoms with Crippen LogP contribution in [0, 0.1) is 0 Å². The van der Waals surface area contributed by atoms with E-state index in [2.05, 4.69) is 26.9 Å². The van der Waals surface area contributed by atoms with E-state index in [4.69, 9.17) is 22.1 Å². The zero-order valence-electron chi connectivity index (χ0n) is 10.4. The molecule has 1 fully saturated rings. The Morgan fingerprint density at radius 2 is 2.39 bits per heavy atom. The molecule has 1 saturated heterocycles. The van der Waals surface area contributed by atoms with Crippen molar-refractivity contribution >= 4 is 27.5 Å². The van der Waals surface area contributed by atoms with Crippen LogP contribution < -0.4 is 5.73 Å². The second-order valence-electron chi connectivity index (χ2n) is 4.74. The number of nitrogens with two attached hydrogens (primary N) is 1. The van der Waals surface area contributed by atoms with Crippen LogP contribution in [-0.2, 0) is 11.3 Å². The standard InChI is InChI=1S/C13H18BrClN2O/c1-9(16)13-8-17(4-5-18-13)7-10-2-3-11(14)6-12(10)15/h2-3,6,9,13H,4-5,7-8,16H2,1H3. The molecule has 0 amide bonds. The normalized spacial score (nSPS) is 23.0. The van der Waals surface area contributed by atoms with E-state index < -0.39 is 0 Å². The van der Waals surface area contributed by atoms with Crippen LogP contribution >= 0.6 is 27.5 Å². The third-order valence-electron chi connectivity index (χ3n) is 3.17. The van der Waals surface area contributed by atoms with Crippen molar-refractivity contribution in [2.24, 2.45) is 5.73 Å². The lowest BCUT2D eigenvalue weighted by Crippen LogP contribution is -2.49. The first-order valence-electron chi connectivity index (χ1n) is 6.09. The van der Waals surface area contributed by atoms with Crippen LogP contribution in [0.1, 0.15) is 12.5 Å². The molecule has 2 atom stereocenters. The van der Waals surface area contributed by atoms with Crippen LogP contribution in [0.4, 0.5) is 0 Å². The highest BCUT2D eigenvalue weighted by atomic mass is 79.9. The lowest BCUT2D eigenvalue weighted by Gasteiger charge is -2.34. The average Bonchev–Trinajstić information content (AvgIpc) is 2.33. The first kappa shape index (κ1) is 14.3. The summed E-state index contributed by atoms with van der Waals surface area (Å²) in [6.45, 7) is 5.36. The number of hydrogen-bond acceptors (Lipinski definition) is 3. The van der Waals surface area contributed by atoms with Crippen LogP contribution in [0.25, 0.3) is 0 Å². The molecule has 0 bridgehead atoms. The van der Waals surface area contributed by atoms with Gasteiger partial charge in [0.15, 0.2) is 0 Å². The highest BCUT2D eigenvalue weighted by Crippen LogP contribution is 2.23. The molecule has 18 heavy (non-hydrogen) atoms. The largest absolute Gasteiger partial charge is 0.374 e. The Morgan fingerprint density at radius 1 is 1.61 bits per heavy atom. The molecule has 0 saturated carbocycles. The maximum absolute atomic E-state index is 6.24. The Hall–Kier alpha value is -0.130. The van der Waals surface area contributed by atoms with Gasteiger partial charge < -0.3 is 10.5 Å². The van der Waals surface area contributed by atoms with Gasteiger partial charge in [-0.3, -0.25) is 4.90 Å². The van der Waals surface area contributed by atoms with Crippen LogP contribution in [0.15, 0.2) is 22.7 Å². The SMILES string of the molecule is CC(N)C1CN(Cc2ccc(Br)cc2Cl)CCO1. The molecule has 0 aromatic heterocycles. The molecule has 3 nitrogen and oxygen atoms in total. The molecule has 1 aromatic carbocycles. The van der Waals surface area contributed by atoms with Crippen molar-refractivity contribution in [3.05, 3.63) is 33.3 Å². The third kappa shape index (κ3) is 3.68. The topological polar surface area (TPSA) is 38.5 Å². The van der Waals surface area contributed by atoms with E-state index in [9.17, 15) is 0 Å². The fourth-order valence-corrected chi connectivity index (χ4v) is 2.82. The number of ether oxygens (including phenoxy) is 1. The smallest absolute Gasteiger partial charge is 0.0850 e. The fourth-order valence-electron chi connectivity index (χ4n) is 2.08. The quantitative estimate of drug-likeness (QED) is 0.924. The van der Waals surface area contributed by atoms with Crippen LogP contribution in [0.2, 0.25) is 5.02 Å². The van der Waals surface area contributed by atoms with E-state index in [1.165, 1.54) is 0 Å². The first-order valence-corrected chi connectivity index (χ1v) is 7.27. The molecule has 1 heterocycles. The monoisotopic (exact) mass is 332 g/mol. The van der Waals surface area contributed by atoms with Crippen molar-refractivity contribution in [3.8, 4) is 0 Å². The molecule has 100 valence electrons. The fraction of sp³-hybridized carbons (Fsp3) is 0.538.